The Morgan fingerprint density at radius 2 is 1.88 bits per heavy atom. The summed E-state index contributed by atoms with van der Waals surface area (Å²) in [5.74, 6) is -2.25. The third kappa shape index (κ3) is 4.65. The van der Waals surface area contributed by atoms with E-state index in [9.17, 15) is 18.0 Å². The molecule has 1 aromatic carbocycles. The number of thioether (sulfide) groups is 1. The number of hydrogen-bond acceptors (Lipinski definition) is 2. The summed E-state index contributed by atoms with van der Waals surface area (Å²) in [6.45, 7) is 1.45. The Kier molecular flexibility index (Phi) is 5.28. The van der Waals surface area contributed by atoms with Gasteiger partial charge in [-0.2, -0.15) is 0 Å². The van der Waals surface area contributed by atoms with Crippen LogP contribution in [0.5, 0.6) is 0 Å². The number of carbonyl (C=O) groups excluding carboxylic acids is 1. The minimum absolute atomic E-state index is 0.00227. The largest absolute Gasteiger partial charge is 0.288 e. The monoisotopic (exact) mass is 260 g/mol. The van der Waals surface area contributed by atoms with Gasteiger partial charge in [-0.3, -0.25) is 4.79 Å². The molecule has 5 heteroatoms. The van der Waals surface area contributed by atoms with Gasteiger partial charge in [0.05, 0.1) is 0 Å². The van der Waals surface area contributed by atoms with Gasteiger partial charge in [0.15, 0.2) is 5.12 Å². The van der Waals surface area contributed by atoms with Crippen LogP contribution in [0.3, 0.4) is 0 Å². The maximum atomic E-state index is 13.2. The number of halogens is 3. The highest BCUT2D eigenvalue weighted by molar-refractivity contribution is 8.13. The first-order chi connectivity index (χ1) is 8.00. The third-order valence-electron chi connectivity index (χ3n) is 1.92. The quantitative estimate of drug-likeness (QED) is 0.766. The molecule has 1 aromatic rings. The van der Waals surface area contributed by atoms with Gasteiger partial charge < -0.3 is 0 Å². The van der Waals surface area contributed by atoms with Gasteiger partial charge in [0.25, 0.3) is 0 Å². The molecule has 17 heavy (non-hydrogen) atoms. The van der Waals surface area contributed by atoms with Crippen LogP contribution in [0, 0.1) is 17.5 Å². The molecule has 0 fully saturated rings. The fourth-order valence-corrected chi connectivity index (χ4v) is 1.73. The standard InChI is InChI=1S/C12H11F3OS/c1-8(16)17-5-3-2-4-10-11(14)6-9(13)7-12(10)15/h2,4,6-7H,3,5H2,1H3. The Morgan fingerprint density at radius 3 is 2.41 bits per heavy atom. The number of allylic oxidation sites excluding steroid dienone is 1. The van der Waals surface area contributed by atoms with Gasteiger partial charge in [-0.15, -0.1) is 0 Å². The van der Waals surface area contributed by atoms with Crippen LogP contribution < -0.4 is 0 Å². The van der Waals surface area contributed by atoms with E-state index in [1.54, 1.807) is 6.08 Å². The van der Waals surface area contributed by atoms with Crippen molar-refractivity contribution in [2.24, 2.45) is 0 Å². The Balaban J connectivity index is 2.62. The highest BCUT2D eigenvalue weighted by Gasteiger charge is 2.07. The van der Waals surface area contributed by atoms with E-state index in [1.165, 1.54) is 13.0 Å². The van der Waals surface area contributed by atoms with Gasteiger partial charge in [-0.05, 0) is 6.42 Å². The van der Waals surface area contributed by atoms with Crippen molar-refractivity contribution in [2.75, 3.05) is 5.75 Å². The summed E-state index contributed by atoms with van der Waals surface area (Å²) < 4.78 is 38.9. The van der Waals surface area contributed by atoms with Crippen LogP contribution in [0.1, 0.15) is 18.9 Å². The number of hydrogen-bond donors (Lipinski definition) is 0. The van der Waals surface area contributed by atoms with E-state index in [2.05, 4.69) is 0 Å². The van der Waals surface area contributed by atoms with E-state index in [1.807, 2.05) is 0 Å². The highest BCUT2D eigenvalue weighted by Crippen LogP contribution is 2.16. The first kappa shape index (κ1) is 13.8. The highest BCUT2D eigenvalue weighted by atomic mass is 32.2. The Morgan fingerprint density at radius 1 is 1.29 bits per heavy atom. The summed E-state index contributed by atoms with van der Waals surface area (Å²) in [4.78, 5) is 10.6. The molecule has 0 aliphatic carbocycles. The minimum Gasteiger partial charge on any atom is -0.288 e. The molecule has 92 valence electrons. The van der Waals surface area contributed by atoms with Crippen molar-refractivity contribution >= 4 is 23.0 Å². The molecule has 0 amide bonds. The molecule has 1 nitrogen and oxygen atoms in total. The second kappa shape index (κ2) is 6.49. The predicted octanol–water partition coefficient (Wildman–Crippen LogP) is 3.79. The van der Waals surface area contributed by atoms with Crippen molar-refractivity contribution in [3.05, 3.63) is 41.2 Å². The summed E-state index contributed by atoms with van der Waals surface area (Å²) in [6.07, 6.45) is 3.32. The lowest BCUT2D eigenvalue weighted by Crippen LogP contribution is -1.91. The predicted molar refractivity (Wildman–Crippen MR) is 63.1 cm³/mol. The molecule has 0 unspecified atom stereocenters. The topological polar surface area (TPSA) is 17.1 Å². The number of rotatable bonds is 4. The van der Waals surface area contributed by atoms with Crippen LogP contribution in [0.4, 0.5) is 13.2 Å². The smallest absolute Gasteiger partial charge is 0.185 e. The number of benzene rings is 1. The summed E-state index contributed by atoms with van der Waals surface area (Å²) in [7, 11) is 0. The van der Waals surface area contributed by atoms with Gasteiger partial charge in [-0.25, -0.2) is 13.2 Å². The van der Waals surface area contributed by atoms with E-state index in [0.29, 0.717) is 24.3 Å². The van der Waals surface area contributed by atoms with Crippen LogP contribution in [0.25, 0.3) is 6.08 Å². The molecule has 0 aliphatic heterocycles. The molecule has 0 saturated carbocycles. The third-order valence-corrected chi connectivity index (χ3v) is 2.76. The van der Waals surface area contributed by atoms with Crippen LogP contribution in [-0.4, -0.2) is 10.9 Å². The molecule has 0 radical (unpaired) electrons. The van der Waals surface area contributed by atoms with Gasteiger partial charge in [0.1, 0.15) is 17.5 Å². The van der Waals surface area contributed by atoms with Crippen molar-refractivity contribution in [1.82, 2.24) is 0 Å². The maximum Gasteiger partial charge on any atom is 0.185 e. The molecular formula is C12H11F3OS. The lowest BCUT2D eigenvalue weighted by molar-refractivity contribution is -0.109. The van der Waals surface area contributed by atoms with E-state index in [4.69, 9.17) is 0 Å². The van der Waals surface area contributed by atoms with Crippen molar-refractivity contribution in [3.8, 4) is 0 Å². The van der Waals surface area contributed by atoms with Crippen molar-refractivity contribution in [3.63, 3.8) is 0 Å². The summed E-state index contributed by atoms with van der Waals surface area (Å²) in [6, 6.07) is 1.26. The average Bonchev–Trinajstić information content (AvgIpc) is 2.20. The van der Waals surface area contributed by atoms with E-state index in [-0.39, 0.29) is 10.7 Å². The van der Waals surface area contributed by atoms with Gasteiger partial charge >= 0.3 is 0 Å². The zero-order valence-corrected chi connectivity index (χ0v) is 9.99. The van der Waals surface area contributed by atoms with Crippen LogP contribution in [0.2, 0.25) is 0 Å². The first-order valence-electron chi connectivity index (χ1n) is 4.95. The van der Waals surface area contributed by atoms with Crippen LogP contribution in [-0.2, 0) is 4.79 Å². The fraction of sp³-hybridized carbons (Fsp3) is 0.250. The van der Waals surface area contributed by atoms with Gasteiger partial charge in [0, 0.05) is 30.4 Å². The zero-order valence-electron chi connectivity index (χ0n) is 9.17. The van der Waals surface area contributed by atoms with Crippen molar-refractivity contribution in [2.45, 2.75) is 13.3 Å². The molecule has 0 bridgehead atoms. The Labute approximate surface area is 102 Å². The van der Waals surface area contributed by atoms with Crippen LogP contribution >= 0.6 is 11.8 Å². The summed E-state index contributed by atoms with van der Waals surface area (Å²) in [5, 5.41) is -0.00227. The molecule has 0 atom stereocenters. The molecule has 0 saturated heterocycles. The Bertz CT molecular complexity index is 420. The van der Waals surface area contributed by atoms with E-state index >= 15 is 0 Å². The normalized spacial score (nSPS) is 11.1. The van der Waals surface area contributed by atoms with E-state index in [0.717, 1.165) is 11.8 Å². The lowest BCUT2D eigenvalue weighted by atomic mass is 10.1. The molecule has 1 rings (SSSR count). The first-order valence-corrected chi connectivity index (χ1v) is 5.93. The minimum atomic E-state index is -0.940. The second-order valence-electron chi connectivity index (χ2n) is 3.31. The van der Waals surface area contributed by atoms with Gasteiger partial charge in [-0.1, -0.05) is 23.9 Å². The van der Waals surface area contributed by atoms with Gasteiger partial charge in [0.2, 0.25) is 0 Å². The molecule has 0 N–H and O–H groups in total. The lowest BCUT2D eigenvalue weighted by Gasteiger charge is -1.99. The van der Waals surface area contributed by atoms with Crippen LogP contribution in [0.15, 0.2) is 18.2 Å². The Hall–Kier alpha value is -1.23. The SMILES string of the molecule is CC(=O)SCCC=Cc1c(F)cc(F)cc1F. The average molecular weight is 260 g/mol. The van der Waals surface area contributed by atoms with Crippen molar-refractivity contribution in [1.29, 1.82) is 0 Å². The molecule has 0 heterocycles. The molecule has 0 spiro atoms. The van der Waals surface area contributed by atoms with Crippen molar-refractivity contribution < 1.29 is 18.0 Å². The molecular weight excluding hydrogens is 249 g/mol. The fourth-order valence-electron chi connectivity index (χ4n) is 1.18. The summed E-state index contributed by atoms with van der Waals surface area (Å²) in [5.41, 5.74) is -0.265. The maximum absolute atomic E-state index is 13.2. The van der Waals surface area contributed by atoms with E-state index < -0.39 is 17.5 Å². The summed E-state index contributed by atoms with van der Waals surface area (Å²) >= 11 is 1.14. The molecule has 0 aromatic heterocycles. The molecule has 0 aliphatic rings. The number of carbonyl (C=O) groups is 1. The second-order valence-corrected chi connectivity index (χ2v) is 4.59. The zero-order chi connectivity index (χ0) is 12.8.